The highest BCUT2D eigenvalue weighted by Gasteiger charge is 2.23. The maximum Gasteiger partial charge on any atom is 0.174 e. The number of rotatable bonds is 1. The highest BCUT2D eigenvalue weighted by Crippen LogP contribution is 2.29. The molecule has 1 unspecified atom stereocenters. The average molecular weight is 223 g/mol. The summed E-state index contributed by atoms with van der Waals surface area (Å²) in [4.78, 5) is 4.22. The van der Waals surface area contributed by atoms with E-state index in [2.05, 4.69) is 15.4 Å². The summed E-state index contributed by atoms with van der Waals surface area (Å²) in [5.74, 6) is 0.430. The zero-order chi connectivity index (χ0) is 10.3. The van der Waals surface area contributed by atoms with E-state index in [-0.39, 0.29) is 0 Å². The van der Waals surface area contributed by atoms with Crippen LogP contribution in [-0.4, -0.2) is 27.7 Å². The Labute approximate surface area is 92.3 Å². The summed E-state index contributed by atoms with van der Waals surface area (Å²) in [6.45, 7) is 2.01. The minimum absolute atomic E-state index is 0.430. The zero-order valence-corrected chi connectivity index (χ0v) is 8.91. The van der Waals surface area contributed by atoms with E-state index in [1.165, 1.54) is 0 Å². The van der Waals surface area contributed by atoms with Crippen LogP contribution in [0, 0.1) is 0 Å². The standard InChI is InChI=1S/C10H11ClN4/c11-8-9(7-2-4-12-6-7)14-15-5-1-3-13-10(8)15/h1,3,5,7,12H,2,4,6H2. The van der Waals surface area contributed by atoms with Gasteiger partial charge in [0.05, 0.1) is 5.69 Å². The van der Waals surface area contributed by atoms with Crippen LogP contribution in [0.25, 0.3) is 5.65 Å². The van der Waals surface area contributed by atoms with E-state index in [1.807, 2.05) is 12.3 Å². The van der Waals surface area contributed by atoms with Crippen LogP contribution in [-0.2, 0) is 0 Å². The molecule has 1 saturated heterocycles. The van der Waals surface area contributed by atoms with E-state index in [0.29, 0.717) is 10.9 Å². The largest absolute Gasteiger partial charge is 0.316 e. The molecular formula is C10H11ClN4. The maximum atomic E-state index is 6.26. The molecule has 0 spiro atoms. The number of nitrogens with one attached hydrogen (secondary N) is 1. The van der Waals surface area contributed by atoms with Crippen molar-refractivity contribution < 1.29 is 0 Å². The summed E-state index contributed by atoms with van der Waals surface area (Å²) in [7, 11) is 0. The number of hydrogen-bond acceptors (Lipinski definition) is 3. The van der Waals surface area contributed by atoms with Crippen LogP contribution in [0.1, 0.15) is 18.0 Å². The monoisotopic (exact) mass is 222 g/mol. The van der Waals surface area contributed by atoms with E-state index in [1.54, 1.807) is 10.7 Å². The highest BCUT2D eigenvalue weighted by atomic mass is 35.5. The molecule has 1 fully saturated rings. The molecule has 2 aromatic rings. The van der Waals surface area contributed by atoms with Crippen molar-refractivity contribution in [2.75, 3.05) is 13.1 Å². The molecule has 0 bridgehead atoms. The molecule has 3 rings (SSSR count). The van der Waals surface area contributed by atoms with Gasteiger partial charge in [-0.3, -0.25) is 0 Å². The second-order valence-corrected chi connectivity index (χ2v) is 4.15. The third-order valence-corrected chi connectivity index (χ3v) is 3.17. The average Bonchev–Trinajstić information content (AvgIpc) is 2.87. The Morgan fingerprint density at radius 2 is 2.47 bits per heavy atom. The molecule has 1 aliphatic rings. The van der Waals surface area contributed by atoms with Crippen molar-refractivity contribution in [1.29, 1.82) is 0 Å². The molecule has 0 saturated carbocycles. The first kappa shape index (κ1) is 9.12. The number of hydrogen-bond donors (Lipinski definition) is 1. The van der Waals surface area contributed by atoms with E-state index >= 15 is 0 Å². The lowest BCUT2D eigenvalue weighted by Gasteiger charge is -2.02. The van der Waals surface area contributed by atoms with Gasteiger partial charge in [0.1, 0.15) is 5.02 Å². The fraction of sp³-hybridized carbons (Fsp3) is 0.400. The van der Waals surface area contributed by atoms with Crippen LogP contribution in [0.4, 0.5) is 0 Å². The Kier molecular flexibility index (Phi) is 2.11. The topological polar surface area (TPSA) is 42.2 Å². The Bertz CT molecular complexity index is 487. The minimum atomic E-state index is 0.430. The van der Waals surface area contributed by atoms with E-state index in [4.69, 9.17) is 11.6 Å². The van der Waals surface area contributed by atoms with Gasteiger partial charge in [-0.2, -0.15) is 5.10 Å². The smallest absolute Gasteiger partial charge is 0.174 e. The van der Waals surface area contributed by atoms with E-state index in [0.717, 1.165) is 30.9 Å². The van der Waals surface area contributed by atoms with Crippen molar-refractivity contribution in [2.45, 2.75) is 12.3 Å². The predicted octanol–water partition coefficient (Wildman–Crippen LogP) is 1.46. The zero-order valence-electron chi connectivity index (χ0n) is 8.15. The summed E-state index contributed by atoms with van der Waals surface area (Å²) >= 11 is 6.26. The van der Waals surface area contributed by atoms with Crippen LogP contribution in [0.3, 0.4) is 0 Å². The molecule has 5 heteroatoms. The normalized spacial score (nSPS) is 21.3. The molecule has 15 heavy (non-hydrogen) atoms. The Morgan fingerprint density at radius 3 is 3.20 bits per heavy atom. The van der Waals surface area contributed by atoms with Crippen molar-refractivity contribution in [2.24, 2.45) is 0 Å². The van der Waals surface area contributed by atoms with Crippen LogP contribution < -0.4 is 5.32 Å². The number of aromatic nitrogens is 3. The Morgan fingerprint density at radius 1 is 1.53 bits per heavy atom. The molecule has 0 radical (unpaired) electrons. The lowest BCUT2D eigenvalue weighted by molar-refractivity contribution is 0.718. The SMILES string of the molecule is Clc1c(C2CCNC2)nn2cccnc12. The lowest BCUT2D eigenvalue weighted by atomic mass is 10.1. The van der Waals surface area contributed by atoms with Crippen molar-refractivity contribution in [3.63, 3.8) is 0 Å². The second-order valence-electron chi connectivity index (χ2n) is 3.78. The fourth-order valence-corrected chi connectivity index (χ4v) is 2.35. The molecule has 1 atom stereocenters. The molecule has 1 aliphatic heterocycles. The first-order valence-electron chi connectivity index (χ1n) is 5.06. The molecule has 2 aromatic heterocycles. The third-order valence-electron chi connectivity index (χ3n) is 2.81. The number of halogens is 1. The molecule has 3 heterocycles. The quantitative estimate of drug-likeness (QED) is 0.795. The lowest BCUT2D eigenvalue weighted by Crippen LogP contribution is -2.08. The van der Waals surface area contributed by atoms with Gasteiger partial charge in [-0.25, -0.2) is 9.50 Å². The van der Waals surface area contributed by atoms with Crippen LogP contribution in [0.15, 0.2) is 18.5 Å². The Balaban J connectivity index is 2.14. The Hall–Kier alpha value is -1.13. The van der Waals surface area contributed by atoms with Crippen molar-refractivity contribution in [1.82, 2.24) is 19.9 Å². The molecule has 0 amide bonds. The first-order valence-corrected chi connectivity index (χ1v) is 5.43. The summed E-state index contributed by atoms with van der Waals surface area (Å²) in [5.41, 5.74) is 1.72. The van der Waals surface area contributed by atoms with Gasteiger partial charge >= 0.3 is 0 Å². The van der Waals surface area contributed by atoms with Gasteiger partial charge in [0.25, 0.3) is 0 Å². The molecule has 4 nitrogen and oxygen atoms in total. The summed E-state index contributed by atoms with van der Waals surface area (Å²) in [6.07, 6.45) is 4.71. The molecule has 0 aromatic carbocycles. The molecular weight excluding hydrogens is 212 g/mol. The summed E-state index contributed by atoms with van der Waals surface area (Å²) in [6, 6.07) is 1.85. The first-order chi connectivity index (χ1) is 7.36. The van der Waals surface area contributed by atoms with Crippen molar-refractivity contribution in [3.05, 3.63) is 29.2 Å². The van der Waals surface area contributed by atoms with Gasteiger partial charge in [0, 0.05) is 24.9 Å². The van der Waals surface area contributed by atoms with Gasteiger partial charge < -0.3 is 5.32 Å². The number of nitrogens with zero attached hydrogens (tertiary/aromatic N) is 3. The maximum absolute atomic E-state index is 6.26. The minimum Gasteiger partial charge on any atom is -0.316 e. The second kappa shape index (κ2) is 3.47. The highest BCUT2D eigenvalue weighted by molar-refractivity contribution is 6.34. The molecule has 0 aliphatic carbocycles. The van der Waals surface area contributed by atoms with Gasteiger partial charge in [0.2, 0.25) is 0 Å². The van der Waals surface area contributed by atoms with Crippen LogP contribution in [0.5, 0.6) is 0 Å². The van der Waals surface area contributed by atoms with E-state index < -0.39 is 0 Å². The summed E-state index contributed by atoms with van der Waals surface area (Å²) in [5, 5.41) is 8.49. The van der Waals surface area contributed by atoms with Crippen molar-refractivity contribution >= 4 is 17.2 Å². The van der Waals surface area contributed by atoms with E-state index in [9.17, 15) is 0 Å². The van der Waals surface area contributed by atoms with Crippen LogP contribution in [0.2, 0.25) is 5.02 Å². The van der Waals surface area contributed by atoms with Crippen LogP contribution >= 0.6 is 11.6 Å². The molecule has 1 N–H and O–H groups in total. The predicted molar refractivity (Wildman–Crippen MR) is 58.2 cm³/mol. The van der Waals surface area contributed by atoms with Gasteiger partial charge in [-0.1, -0.05) is 11.6 Å². The van der Waals surface area contributed by atoms with Crippen molar-refractivity contribution in [3.8, 4) is 0 Å². The van der Waals surface area contributed by atoms with Gasteiger partial charge in [-0.05, 0) is 19.0 Å². The fourth-order valence-electron chi connectivity index (χ4n) is 2.02. The third kappa shape index (κ3) is 1.41. The summed E-state index contributed by atoms with van der Waals surface area (Å²) < 4.78 is 1.75. The molecule has 78 valence electrons. The number of fused-ring (bicyclic) bond motifs is 1. The van der Waals surface area contributed by atoms with Gasteiger partial charge in [-0.15, -0.1) is 0 Å². The van der Waals surface area contributed by atoms with Gasteiger partial charge in [0.15, 0.2) is 5.65 Å².